The van der Waals surface area contributed by atoms with Gasteiger partial charge in [0, 0.05) is 55.2 Å². The molecule has 0 amide bonds. The Morgan fingerprint density at radius 3 is 0.823 bits per heavy atom. The van der Waals surface area contributed by atoms with Gasteiger partial charge in [-0.05, 0) is 210 Å². The summed E-state index contributed by atoms with van der Waals surface area (Å²) in [5.74, 6) is 0. The topological polar surface area (TPSA) is 61.4 Å². The molecule has 26 rings (SSSR count). The van der Waals surface area contributed by atoms with Crippen molar-refractivity contribution in [3.05, 3.63) is 473 Å². The van der Waals surface area contributed by atoms with Crippen molar-refractivity contribution in [1.29, 1.82) is 0 Å². The van der Waals surface area contributed by atoms with Crippen LogP contribution < -0.4 is 0 Å². The predicted octanol–water partition coefficient (Wildman–Crippen LogP) is 33.0. The van der Waals surface area contributed by atoms with Gasteiger partial charge in [-0.2, -0.15) is 0 Å². The molecule has 0 bridgehead atoms. The summed E-state index contributed by atoms with van der Waals surface area (Å²) in [5.41, 5.74) is 32.4. The Morgan fingerprint density at radius 2 is 0.423 bits per heavy atom. The monoisotopic (exact) mass is 1650 g/mol. The molecule has 0 aliphatic carbocycles. The van der Waals surface area contributed by atoms with E-state index in [9.17, 15) is 0 Å². The van der Waals surface area contributed by atoms with Crippen LogP contribution in [0.15, 0.2) is 473 Å². The Balaban J connectivity index is 0.000000140. The molecule has 0 N–H and O–H groups in total. The van der Waals surface area contributed by atoms with E-state index in [0.717, 1.165) is 111 Å². The molecule has 26 aromatic rings. The molecule has 22 aromatic carbocycles. The van der Waals surface area contributed by atoms with E-state index in [2.05, 4.69) is 458 Å². The fourth-order valence-corrected chi connectivity index (χ4v) is 20.2. The molecule has 0 spiro atoms. The second-order valence-electron chi connectivity index (χ2n) is 33.8. The third kappa shape index (κ3) is 12.9. The zero-order chi connectivity index (χ0) is 85.7. The molecule has 6 heteroatoms. The van der Waals surface area contributed by atoms with Crippen LogP contribution >= 0.6 is 0 Å². The third-order valence-electron chi connectivity index (χ3n) is 26.3. The van der Waals surface area contributed by atoms with Gasteiger partial charge in [0.2, 0.25) is 0 Å². The zero-order valence-electron chi connectivity index (χ0n) is 70.7. The molecule has 0 atom stereocenters. The van der Waals surface area contributed by atoms with Crippen molar-refractivity contribution in [3.63, 3.8) is 0 Å². The van der Waals surface area contributed by atoms with E-state index in [1.807, 2.05) is 24.3 Å². The fraction of sp³-hybridized carbons (Fsp3) is 0. The van der Waals surface area contributed by atoms with Crippen LogP contribution in [0.5, 0.6) is 0 Å². The highest BCUT2D eigenvalue weighted by molar-refractivity contribution is 6.32. The zero-order valence-corrected chi connectivity index (χ0v) is 70.7. The first-order valence-corrected chi connectivity index (χ1v) is 44.5. The van der Waals surface area contributed by atoms with Crippen molar-refractivity contribution in [1.82, 2.24) is 29.1 Å². The van der Waals surface area contributed by atoms with Crippen molar-refractivity contribution < 1.29 is 0 Å². The molecule has 4 heterocycles. The van der Waals surface area contributed by atoms with Gasteiger partial charge in [-0.25, -0.2) is 19.9 Å². The van der Waals surface area contributed by atoms with E-state index < -0.39 is 0 Å². The Labute approximate surface area is 750 Å². The lowest BCUT2D eigenvalue weighted by atomic mass is 9.94. The second kappa shape index (κ2) is 31.4. The van der Waals surface area contributed by atoms with Crippen LogP contribution in [0.3, 0.4) is 0 Å². The lowest BCUT2D eigenvalue weighted by molar-refractivity contribution is 1.19. The highest BCUT2D eigenvalue weighted by Crippen LogP contribution is 2.49. The molecule has 0 unspecified atom stereocenters. The van der Waals surface area contributed by atoms with Gasteiger partial charge in [-0.15, -0.1) is 0 Å². The van der Waals surface area contributed by atoms with Gasteiger partial charge in [0.05, 0.1) is 66.9 Å². The van der Waals surface area contributed by atoms with Crippen LogP contribution in [0.2, 0.25) is 0 Å². The largest absolute Gasteiger partial charge is 0.309 e. The van der Waals surface area contributed by atoms with Gasteiger partial charge >= 0.3 is 0 Å². The lowest BCUT2D eigenvalue weighted by Gasteiger charge is -2.15. The van der Waals surface area contributed by atoms with Crippen molar-refractivity contribution >= 4 is 130 Å². The van der Waals surface area contributed by atoms with Crippen LogP contribution in [0.25, 0.3) is 253 Å². The Bertz CT molecular complexity index is 8990. The summed E-state index contributed by atoms with van der Waals surface area (Å²) in [4.78, 5) is 21.4. The lowest BCUT2D eigenvalue weighted by Crippen LogP contribution is -1.97. The molecule has 130 heavy (non-hydrogen) atoms. The van der Waals surface area contributed by atoms with E-state index in [1.54, 1.807) is 0 Å². The van der Waals surface area contributed by atoms with Crippen LogP contribution in [-0.4, -0.2) is 29.1 Å². The third-order valence-corrected chi connectivity index (χ3v) is 26.3. The fourth-order valence-electron chi connectivity index (χ4n) is 20.2. The van der Waals surface area contributed by atoms with Gasteiger partial charge in [-0.1, -0.05) is 394 Å². The van der Waals surface area contributed by atoms with E-state index in [4.69, 9.17) is 19.9 Å². The van der Waals surface area contributed by atoms with Crippen LogP contribution in [0.4, 0.5) is 0 Å². The molecular formula is C124H78N6. The first-order chi connectivity index (χ1) is 64.5. The Hall–Kier alpha value is -17.3. The molecule has 0 fully saturated rings. The minimum atomic E-state index is 0.861. The molecule has 604 valence electrons. The van der Waals surface area contributed by atoms with Crippen LogP contribution in [0, 0.1) is 0 Å². The minimum Gasteiger partial charge on any atom is -0.309 e. The summed E-state index contributed by atoms with van der Waals surface area (Å²) in [6.45, 7) is 0. The second-order valence-corrected chi connectivity index (χ2v) is 33.8. The summed E-state index contributed by atoms with van der Waals surface area (Å²) in [5, 5.41) is 19.6. The number of hydrogen-bond acceptors (Lipinski definition) is 4. The normalized spacial score (nSPS) is 11.7. The quantitative estimate of drug-likeness (QED) is 0.122. The van der Waals surface area contributed by atoms with Crippen LogP contribution in [-0.2, 0) is 0 Å². The molecular weight excluding hydrogens is 1570 g/mol. The van der Waals surface area contributed by atoms with Crippen molar-refractivity contribution in [2.75, 3.05) is 0 Å². The molecule has 4 aromatic heterocycles. The van der Waals surface area contributed by atoms with E-state index in [0.29, 0.717) is 0 Å². The average Bonchev–Trinajstić information content (AvgIpc) is 1.56. The van der Waals surface area contributed by atoms with E-state index in [-0.39, 0.29) is 0 Å². The van der Waals surface area contributed by atoms with Crippen molar-refractivity contribution in [2.24, 2.45) is 0 Å². The summed E-state index contributed by atoms with van der Waals surface area (Å²) in [7, 11) is 0. The van der Waals surface area contributed by atoms with Gasteiger partial charge in [0.15, 0.2) is 0 Å². The maximum Gasteiger partial charge on any atom is 0.0979 e. The summed E-state index contributed by atoms with van der Waals surface area (Å²) >= 11 is 0. The van der Waals surface area contributed by atoms with E-state index in [1.165, 1.54) is 142 Å². The SMILES string of the molecule is c1ccc(-c2ccc(-c3ccc(-c4nc5ccccc5nc4-c4cccc5cc(-n6c7ccc8ccccc8c7c7c8ccccc8c(-c8ccccc8)cc76)ccc45)cc3)cc2)cc1.c1ccc(-c2cccc(-c3ccc(-c4nc5ccccc5nc4-c4cccc5cc(-n6c7ccc8ccccc8c7c7c8ccccc8c(-c8ccccc8)cc76)ccc45)cc3)c2)cc1. The summed E-state index contributed by atoms with van der Waals surface area (Å²) in [6.07, 6.45) is 0. The number of para-hydroxylation sites is 4. The van der Waals surface area contributed by atoms with Crippen molar-refractivity contribution in [3.8, 4) is 123 Å². The maximum absolute atomic E-state index is 5.38. The molecule has 0 aliphatic rings. The highest BCUT2D eigenvalue weighted by Gasteiger charge is 2.26. The average molecular weight is 1650 g/mol. The minimum absolute atomic E-state index is 0.861. The van der Waals surface area contributed by atoms with Gasteiger partial charge in [0.1, 0.15) is 0 Å². The number of nitrogens with zero attached hydrogens (tertiary/aromatic N) is 6. The number of hydrogen-bond donors (Lipinski definition) is 0. The smallest absolute Gasteiger partial charge is 0.0979 e. The first-order valence-electron chi connectivity index (χ1n) is 44.5. The van der Waals surface area contributed by atoms with E-state index >= 15 is 0 Å². The number of fused-ring (bicyclic) bond motifs is 18. The first kappa shape index (κ1) is 75.2. The molecule has 0 aliphatic heterocycles. The Kier molecular flexibility index (Phi) is 18.2. The van der Waals surface area contributed by atoms with Gasteiger partial charge in [0.25, 0.3) is 0 Å². The standard InChI is InChI=1S/2C62H39N3/c1-3-15-40(16-4-1)45-20-13-21-46(37-45)41-29-31-44(32-30-41)61-62(64-56-28-12-11-27-55(56)63-61)53-26-14-22-47-38-48(34-35-49(47)53)65-57-36-33-43-19-7-8-23-50(43)59(57)60-52-25-10-9-24-51(52)54(39-58(60)65)42-17-5-2-6-18-42;1-3-14-40(15-4-1)41-26-28-42(29-27-41)43-30-32-46(33-31-43)61-62(64-56-25-12-11-24-55(56)63-61)53-23-13-19-47-38-48(35-36-49(47)53)65-57-37-34-45-18-7-8-20-50(45)59(57)60-52-22-10-9-21-51(52)54(39-58(60)65)44-16-5-2-6-17-44/h2*1-39H. The van der Waals surface area contributed by atoms with Gasteiger partial charge in [-0.3, -0.25) is 0 Å². The maximum atomic E-state index is 5.38. The number of benzene rings is 22. The Morgan fingerprint density at radius 1 is 0.138 bits per heavy atom. The molecule has 0 radical (unpaired) electrons. The number of aromatic nitrogens is 6. The van der Waals surface area contributed by atoms with Crippen LogP contribution in [0.1, 0.15) is 0 Å². The molecule has 6 nitrogen and oxygen atoms in total. The highest BCUT2D eigenvalue weighted by atomic mass is 15.0. The predicted molar refractivity (Wildman–Crippen MR) is 547 cm³/mol. The van der Waals surface area contributed by atoms with Crippen molar-refractivity contribution in [2.45, 2.75) is 0 Å². The summed E-state index contributed by atoms with van der Waals surface area (Å²) < 4.78 is 4.95. The van der Waals surface area contributed by atoms with Gasteiger partial charge < -0.3 is 9.13 Å². The summed E-state index contributed by atoms with van der Waals surface area (Å²) in [6, 6.07) is 170. The number of rotatable bonds is 12. The molecule has 0 saturated heterocycles. The molecule has 0 saturated carbocycles.